The van der Waals surface area contributed by atoms with Gasteiger partial charge in [0.05, 0.1) is 4.92 Å². The van der Waals surface area contributed by atoms with E-state index in [9.17, 15) is 19.3 Å². The van der Waals surface area contributed by atoms with E-state index in [4.69, 9.17) is 9.84 Å². The zero-order chi connectivity index (χ0) is 15.6. The summed E-state index contributed by atoms with van der Waals surface area (Å²) < 4.78 is 18.8. The summed E-state index contributed by atoms with van der Waals surface area (Å²) >= 11 is 0. The summed E-state index contributed by atoms with van der Waals surface area (Å²) in [6.07, 6.45) is 0. The van der Waals surface area contributed by atoms with Crippen LogP contribution < -0.4 is 4.74 Å². The van der Waals surface area contributed by atoms with Crippen LogP contribution in [0.15, 0.2) is 36.4 Å². The summed E-state index contributed by atoms with van der Waals surface area (Å²) in [6, 6.07) is 7.84. The van der Waals surface area contributed by atoms with Crippen LogP contribution in [0, 0.1) is 22.9 Å². The van der Waals surface area contributed by atoms with Gasteiger partial charge in [-0.1, -0.05) is 18.2 Å². The highest BCUT2D eigenvalue weighted by atomic mass is 19.1. The number of hydrogen-bond acceptors (Lipinski definition) is 4. The molecule has 0 atom stereocenters. The maximum atomic E-state index is 13.5. The Morgan fingerprint density at radius 3 is 2.48 bits per heavy atom. The maximum absolute atomic E-state index is 13.5. The van der Waals surface area contributed by atoms with Crippen molar-refractivity contribution in [3.05, 3.63) is 63.5 Å². The first-order valence-electron chi connectivity index (χ1n) is 5.85. The van der Waals surface area contributed by atoms with Crippen molar-refractivity contribution in [3.63, 3.8) is 0 Å². The number of para-hydroxylation sites is 1. The van der Waals surface area contributed by atoms with Gasteiger partial charge in [0.15, 0.2) is 0 Å². The van der Waals surface area contributed by atoms with Crippen LogP contribution in [0.1, 0.15) is 15.9 Å². The number of benzene rings is 2. The molecule has 108 valence electrons. The van der Waals surface area contributed by atoms with Crippen molar-refractivity contribution in [1.82, 2.24) is 0 Å². The van der Waals surface area contributed by atoms with E-state index < -0.39 is 22.3 Å². The minimum Gasteiger partial charge on any atom is -0.477 e. The van der Waals surface area contributed by atoms with E-state index in [-0.39, 0.29) is 17.2 Å². The number of aryl methyl sites for hydroxylation is 1. The van der Waals surface area contributed by atoms with Crippen molar-refractivity contribution < 1.29 is 24.0 Å². The van der Waals surface area contributed by atoms with E-state index in [1.165, 1.54) is 37.3 Å². The summed E-state index contributed by atoms with van der Waals surface area (Å²) in [4.78, 5) is 21.5. The standard InChI is InChI=1S/C14H10FNO5/c1-8-4-2-7-11(13(8)16(19)20)21-10-6-3-5-9(15)12(10)14(17)18/h2-7H,1H3,(H,17,18). The molecule has 0 aliphatic carbocycles. The SMILES string of the molecule is Cc1cccc(Oc2cccc(F)c2C(=O)O)c1[N+](=O)[O-]. The lowest BCUT2D eigenvalue weighted by atomic mass is 10.1. The van der Waals surface area contributed by atoms with Gasteiger partial charge in [-0.05, 0) is 25.1 Å². The van der Waals surface area contributed by atoms with Crippen LogP contribution in [-0.4, -0.2) is 16.0 Å². The highest BCUT2D eigenvalue weighted by molar-refractivity contribution is 5.91. The zero-order valence-corrected chi connectivity index (χ0v) is 10.9. The number of rotatable bonds is 4. The fourth-order valence-electron chi connectivity index (χ4n) is 1.86. The van der Waals surface area contributed by atoms with Gasteiger partial charge in [0.1, 0.15) is 17.1 Å². The number of hydrogen-bond donors (Lipinski definition) is 1. The van der Waals surface area contributed by atoms with E-state index in [0.29, 0.717) is 5.56 Å². The molecule has 0 aromatic heterocycles. The molecule has 0 saturated heterocycles. The molecule has 0 aliphatic heterocycles. The predicted octanol–water partition coefficient (Wildman–Crippen LogP) is 3.53. The van der Waals surface area contributed by atoms with Crippen molar-refractivity contribution in [2.45, 2.75) is 6.92 Å². The molecule has 2 aromatic carbocycles. The fourth-order valence-corrected chi connectivity index (χ4v) is 1.86. The van der Waals surface area contributed by atoms with Gasteiger partial charge < -0.3 is 9.84 Å². The minimum absolute atomic E-state index is 0.145. The highest BCUT2D eigenvalue weighted by Gasteiger charge is 2.22. The number of carbonyl (C=O) groups is 1. The lowest BCUT2D eigenvalue weighted by Gasteiger charge is -2.10. The molecule has 1 N–H and O–H groups in total. The Bertz CT molecular complexity index is 668. The van der Waals surface area contributed by atoms with Crippen LogP contribution >= 0.6 is 0 Å². The van der Waals surface area contributed by atoms with E-state index in [0.717, 1.165) is 6.07 Å². The molecule has 0 saturated carbocycles. The molecule has 0 spiro atoms. The maximum Gasteiger partial charge on any atom is 0.342 e. The van der Waals surface area contributed by atoms with Gasteiger partial charge in [-0.2, -0.15) is 0 Å². The number of nitrogens with zero attached hydrogens (tertiary/aromatic N) is 1. The van der Waals surface area contributed by atoms with Crippen LogP contribution in [0.3, 0.4) is 0 Å². The smallest absolute Gasteiger partial charge is 0.342 e. The first-order chi connectivity index (χ1) is 9.91. The Morgan fingerprint density at radius 1 is 1.24 bits per heavy atom. The van der Waals surface area contributed by atoms with Crippen LogP contribution in [0.2, 0.25) is 0 Å². The Hall–Kier alpha value is -2.96. The number of nitro groups is 1. The lowest BCUT2D eigenvalue weighted by Crippen LogP contribution is -2.04. The number of ether oxygens (including phenoxy) is 1. The van der Waals surface area contributed by atoms with Crippen LogP contribution in [-0.2, 0) is 0 Å². The second kappa shape index (κ2) is 5.58. The third-order valence-electron chi connectivity index (χ3n) is 2.79. The van der Waals surface area contributed by atoms with Gasteiger partial charge in [-0.25, -0.2) is 9.18 Å². The average molecular weight is 291 g/mol. The van der Waals surface area contributed by atoms with Crippen LogP contribution in [0.5, 0.6) is 11.5 Å². The zero-order valence-electron chi connectivity index (χ0n) is 10.9. The second-order valence-electron chi connectivity index (χ2n) is 4.20. The van der Waals surface area contributed by atoms with Crippen molar-refractivity contribution >= 4 is 11.7 Å². The average Bonchev–Trinajstić information content (AvgIpc) is 2.37. The number of carboxylic acid groups (broad SMARTS) is 1. The minimum atomic E-state index is -1.52. The number of aromatic carboxylic acids is 1. The number of nitro benzene ring substituents is 1. The van der Waals surface area contributed by atoms with E-state index >= 15 is 0 Å². The molecular weight excluding hydrogens is 281 g/mol. The molecule has 6 nitrogen and oxygen atoms in total. The molecule has 2 rings (SSSR count). The highest BCUT2D eigenvalue weighted by Crippen LogP contribution is 2.35. The molecular formula is C14H10FNO5. The van der Waals surface area contributed by atoms with Gasteiger partial charge in [-0.3, -0.25) is 10.1 Å². The van der Waals surface area contributed by atoms with Crippen molar-refractivity contribution in [1.29, 1.82) is 0 Å². The van der Waals surface area contributed by atoms with Crippen LogP contribution in [0.25, 0.3) is 0 Å². The van der Waals surface area contributed by atoms with Gasteiger partial charge in [0.25, 0.3) is 0 Å². The van der Waals surface area contributed by atoms with Crippen molar-refractivity contribution in [2.75, 3.05) is 0 Å². The van der Waals surface area contributed by atoms with Gasteiger partial charge in [-0.15, -0.1) is 0 Å². The third-order valence-corrected chi connectivity index (χ3v) is 2.79. The Labute approximate surface area is 118 Å². The number of halogens is 1. The topological polar surface area (TPSA) is 89.7 Å². The number of carboxylic acids is 1. The monoisotopic (exact) mass is 291 g/mol. The van der Waals surface area contributed by atoms with Gasteiger partial charge >= 0.3 is 11.7 Å². The lowest BCUT2D eigenvalue weighted by molar-refractivity contribution is -0.386. The summed E-state index contributed by atoms with van der Waals surface area (Å²) in [5.74, 6) is -2.93. The van der Waals surface area contributed by atoms with Crippen molar-refractivity contribution in [2.24, 2.45) is 0 Å². The fraction of sp³-hybridized carbons (Fsp3) is 0.0714. The van der Waals surface area contributed by atoms with E-state index in [1.54, 1.807) is 0 Å². The molecule has 0 amide bonds. The van der Waals surface area contributed by atoms with Crippen LogP contribution in [0.4, 0.5) is 10.1 Å². The molecule has 0 fully saturated rings. The molecule has 0 bridgehead atoms. The largest absolute Gasteiger partial charge is 0.477 e. The molecule has 0 aliphatic rings. The summed E-state index contributed by atoms with van der Waals surface area (Å²) in [5, 5.41) is 20.1. The molecule has 7 heteroatoms. The summed E-state index contributed by atoms with van der Waals surface area (Å²) in [5.41, 5.74) is -0.614. The van der Waals surface area contributed by atoms with E-state index in [2.05, 4.69) is 0 Å². The Kier molecular flexibility index (Phi) is 3.84. The molecule has 2 aromatic rings. The second-order valence-corrected chi connectivity index (χ2v) is 4.20. The molecule has 21 heavy (non-hydrogen) atoms. The summed E-state index contributed by atoms with van der Waals surface area (Å²) in [6.45, 7) is 1.52. The Morgan fingerprint density at radius 2 is 1.86 bits per heavy atom. The third kappa shape index (κ3) is 2.81. The first kappa shape index (κ1) is 14.4. The normalized spacial score (nSPS) is 10.2. The Balaban J connectivity index is 2.54. The van der Waals surface area contributed by atoms with Crippen molar-refractivity contribution in [3.8, 4) is 11.5 Å². The molecule has 0 unspecified atom stereocenters. The summed E-state index contributed by atoms with van der Waals surface area (Å²) in [7, 11) is 0. The molecule has 0 radical (unpaired) electrons. The first-order valence-corrected chi connectivity index (χ1v) is 5.85. The molecule has 0 heterocycles. The van der Waals surface area contributed by atoms with E-state index in [1.807, 2.05) is 0 Å². The van der Waals surface area contributed by atoms with Gasteiger partial charge in [0.2, 0.25) is 5.75 Å². The van der Waals surface area contributed by atoms with Gasteiger partial charge in [0, 0.05) is 5.56 Å². The quantitative estimate of drug-likeness (QED) is 0.687. The predicted molar refractivity (Wildman–Crippen MR) is 71.3 cm³/mol.